The first-order valence-electron chi connectivity index (χ1n) is 10.2. The van der Waals surface area contributed by atoms with E-state index < -0.39 is 49.9 Å². The Morgan fingerprint density at radius 1 is 1.03 bits per heavy atom. The Morgan fingerprint density at radius 2 is 1.65 bits per heavy atom. The molecule has 0 aliphatic carbocycles. The van der Waals surface area contributed by atoms with Crippen LogP contribution in [0.15, 0.2) is 47.4 Å². The molecule has 0 bridgehead atoms. The Hall–Kier alpha value is -2.31. The Morgan fingerprint density at radius 3 is 2.18 bits per heavy atom. The normalized spacial score (nSPS) is 24.1. The summed E-state index contributed by atoms with van der Waals surface area (Å²) in [5.74, 6) is -0.210. The number of aliphatic hydroxyl groups is 1. The van der Waals surface area contributed by atoms with E-state index in [4.69, 9.17) is 4.74 Å². The molecular weight excluding hydrogens is 488 g/mol. The number of sulfone groups is 1. The number of ether oxygens (including phenoxy) is 1. The maximum absolute atomic E-state index is 13.4. The molecule has 12 heteroatoms. The molecule has 188 valence electrons. The topological polar surface area (TPSA) is 75.6 Å². The van der Waals surface area contributed by atoms with E-state index in [1.54, 1.807) is 6.92 Å². The van der Waals surface area contributed by atoms with E-state index in [1.165, 1.54) is 12.1 Å². The van der Waals surface area contributed by atoms with Crippen molar-refractivity contribution in [3.8, 4) is 5.75 Å². The summed E-state index contributed by atoms with van der Waals surface area (Å²) in [5, 5.41) is 14.3. The summed E-state index contributed by atoms with van der Waals surface area (Å²) >= 11 is 0. The molecule has 2 N–H and O–H groups in total. The maximum Gasteiger partial charge on any atom is 0.417 e. The number of hydrogen-bond acceptors (Lipinski definition) is 5. The second-order valence-corrected chi connectivity index (χ2v) is 10.5. The lowest BCUT2D eigenvalue weighted by Gasteiger charge is -2.41. The number of benzene rings is 2. The molecule has 0 radical (unpaired) electrons. The van der Waals surface area contributed by atoms with Gasteiger partial charge in [-0.1, -0.05) is 12.1 Å². The minimum absolute atomic E-state index is 0.0380. The van der Waals surface area contributed by atoms with Gasteiger partial charge in [0, 0.05) is 18.3 Å². The van der Waals surface area contributed by atoms with E-state index in [2.05, 4.69) is 5.32 Å². The standard InChI is InChI=1S/C22H23F6NO4S/c1-13-10-20(30,14-3-5-15(6-4-14)21(23,24)25)11-16(29-13)12-33-17-7-8-19(34(2,31)32)18(9-17)22(26,27)28/h3-9,13,16,29-30H,10-12H2,1-2H3. The van der Waals surface area contributed by atoms with E-state index in [9.17, 15) is 39.9 Å². The number of alkyl halides is 6. The second-order valence-electron chi connectivity index (χ2n) is 8.52. The molecule has 1 aliphatic heterocycles. The summed E-state index contributed by atoms with van der Waals surface area (Å²) in [6.07, 6.45) is -8.51. The lowest BCUT2D eigenvalue weighted by Crippen LogP contribution is -2.53. The quantitative estimate of drug-likeness (QED) is 0.577. The fourth-order valence-corrected chi connectivity index (χ4v) is 5.06. The largest absolute Gasteiger partial charge is 0.492 e. The fraction of sp³-hybridized carbons (Fsp3) is 0.455. The molecule has 1 heterocycles. The highest BCUT2D eigenvalue weighted by Crippen LogP contribution is 2.38. The van der Waals surface area contributed by atoms with Gasteiger partial charge < -0.3 is 15.2 Å². The zero-order valence-electron chi connectivity index (χ0n) is 18.2. The first kappa shape index (κ1) is 26.3. The highest BCUT2D eigenvalue weighted by molar-refractivity contribution is 7.90. The summed E-state index contributed by atoms with van der Waals surface area (Å²) in [7, 11) is -4.13. The second kappa shape index (κ2) is 9.04. The van der Waals surface area contributed by atoms with Crippen LogP contribution >= 0.6 is 0 Å². The molecule has 3 unspecified atom stereocenters. The van der Waals surface area contributed by atoms with Crippen LogP contribution in [0.2, 0.25) is 0 Å². The van der Waals surface area contributed by atoms with Gasteiger partial charge in [-0.3, -0.25) is 0 Å². The minimum atomic E-state index is -4.92. The molecular formula is C22H23F6NO4S. The van der Waals surface area contributed by atoms with E-state index in [0.29, 0.717) is 12.3 Å². The van der Waals surface area contributed by atoms with Gasteiger partial charge in [0.15, 0.2) is 9.84 Å². The molecule has 1 saturated heterocycles. The lowest BCUT2D eigenvalue weighted by atomic mass is 9.79. The van der Waals surface area contributed by atoms with Crippen LogP contribution in [0.5, 0.6) is 5.75 Å². The number of nitrogens with one attached hydrogen (secondary N) is 1. The Balaban J connectivity index is 1.78. The van der Waals surface area contributed by atoms with Crippen molar-refractivity contribution in [2.75, 3.05) is 12.9 Å². The molecule has 0 amide bonds. The smallest absolute Gasteiger partial charge is 0.417 e. The van der Waals surface area contributed by atoms with Crippen LogP contribution in [-0.2, 0) is 27.8 Å². The van der Waals surface area contributed by atoms with Crippen LogP contribution in [0.4, 0.5) is 26.3 Å². The van der Waals surface area contributed by atoms with Crippen molar-refractivity contribution < 1.29 is 44.6 Å². The van der Waals surface area contributed by atoms with E-state index >= 15 is 0 Å². The lowest BCUT2D eigenvalue weighted by molar-refractivity contribution is -0.140. The van der Waals surface area contributed by atoms with E-state index in [-0.39, 0.29) is 36.8 Å². The zero-order chi connectivity index (χ0) is 25.5. The highest BCUT2D eigenvalue weighted by atomic mass is 32.2. The van der Waals surface area contributed by atoms with E-state index in [0.717, 1.165) is 24.3 Å². The van der Waals surface area contributed by atoms with Crippen molar-refractivity contribution in [2.45, 2.75) is 54.7 Å². The molecule has 0 aromatic heterocycles. The summed E-state index contributed by atoms with van der Waals surface area (Å²) in [4.78, 5) is -0.867. The minimum Gasteiger partial charge on any atom is -0.492 e. The van der Waals surface area contributed by atoms with Gasteiger partial charge in [-0.2, -0.15) is 26.3 Å². The zero-order valence-corrected chi connectivity index (χ0v) is 19.0. The Kier molecular flexibility index (Phi) is 7.00. The third kappa shape index (κ3) is 6.02. The summed E-state index contributed by atoms with van der Waals surface area (Å²) in [6, 6.07) is 5.90. The number of piperidine rings is 1. The average molecular weight is 511 g/mol. The summed E-state index contributed by atoms with van der Waals surface area (Å²) in [5.41, 5.74) is -3.38. The molecule has 34 heavy (non-hydrogen) atoms. The van der Waals surface area contributed by atoms with Crippen LogP contribution in [-0.4, -0.2) is 38.5 Å². The van der Waals surface area contributed by atoms with Crippen LogP contribution in [0.3, 0.4) is 0 Å². The van der Waals surface area contributed by atoms with Crippen molar-refractivity contribution in [3.63, 3.8) is 0 Å². The Bertz CT molecular complexity index is 1130. The molecule has 1 aliphatic rings. The highest BCUT2D eigenvalue weighted by Gasteiger charge is 2.40. The summed E-state index contributed by atoms with van der Waals surface area (Å²) in [6.45, 7) is 1.59. The van der Waals surface area contributed by atoms with Crippen LogP contribution in [0.1, 0.15) is 36.5 Å². The predicted molar refractivity (Wildman–Crippen MR) is 111 cm³/mol. The first-order chi connectivity index (χ1) is 15.5. The molecule has 3 rings (SSSR count). The summed E-state index contributed by atoms with van der Waals surface area (Å²) < 4.78 is 107. The predicted octanol–water partition coefficient (Wildman–Crippen LogP) is 4.53. The van der Waals surface area contributed by atoms with Crippen LogP contribution < -0.4 is 10.1 Å². The average Bonchev–Trinajstić information content (AvgIpc) is 2.69. The van der Waals surface area contributed by atoms with Gasteiger partial charge in [0.2, 0.25) is 0 Å². The van der Waals surface area contributed by atoms with Gasteiger partial charge in [0.05, 0.1) is 21.6 Å². The van der Waals surface area contributed by atoms with Crippen LogP contribution in [0, 0.1) is 0 Å². The molecule has 2 aromatic carbocycles. The SMILES string of the molecule is CC1CC(O)(c2ccc(C(F)(F)F)cc2)CC(COc2ccc(S(C)(=O)=O)c(C(F)(F)F)c2)N1. The third-order valence-electron chi connectivity index (χ3n) is 5.60. The molecule has 0 saturated carbocycles. The van der Waals surface area contributed by atoms with Gasteiger partial charge in [0.1, 0.15) is 12.4 Å². The Labute approximate surface area is 192 Å². The fourth-order valence-electron chi connectivity index (χ4n) is 4.17. The van der Waals surface area contributed by atoms with Crippen molar-refractivity contribution >= 4 is 9.84 Å². The van der Waals surface area contributed by atoms with Crippen molar-refractivity contribution in [2.24, 2.45) is 0 Å². The molecule has 3 atom stereocenters. The molecule has 0 spiro atoms. The number of halogens is 6. The van der Waals surface area contributed by atoms with Gasteiger partial charge >= 0.3 is 12.4 Å². The van der Waals surface area contributed by atoms with Crippen LogP contribution in [0.25, 0.3) is 0 Å². The molecule has 5 nitrogen and oxygen atoms in total. The van der Waals surface area contributed by atoms with Crippen molar-refractivity contribution in [1.29, 1.82) is 0 Å². The van der Waals surface area contributed by atoms with E-state index in [1.807, 2.05) is 0 Å². The first-order valence-corrected chi connectivity index (χ1v) is 12.1. The molecule has 1 fully saturated rings. The van der Waals surface area contributed by atoms with Crippen molar-refractivity contribution in [1.82, 2.24) is 5.32 Å². The van der Waals surface area contributed by atoms with Crippen molar-refractivity contribution in [3.05, 3.63) is 59.2 Å². The van der Waals surface area contributed by atoms with Gasteiger partial charge in [-0.15, -0.1) is 0 Å². The number of hydrogen-bond donors (Lipinski definition) is 2. The number of rotatable bonds is 5. The molecule has 2 aromatic rings. The third-order valence-corrected chi connectivity index (χ3v) is 6.76. The van der Waals surface area contributed by atoms with Gasteiger partial charge in [-0.25, -0.2) is 8.42 Å². The van der Waals surface area contributed by atoms with Gasteiger partial charge in [-0.05, 0) is 55.7 Å². The maximum atomic E-state index is 13.4. The monoisotopic (exact) mass is 511 g/mol. The van der Waals surface area contributed by atoms with Gasteiger partial charge in [0.25, 0.3) is 0 Å².